The van der Waals surface area contributed by atoms with Gasteiger partial charge in [-0.15, -0.1) is 0 Å². The van der Waals surface area contributed by atoms with Gasteiger partial charge in [0, 0.05) is 6.20 Å². The number of nitrogens with two attached hydrogens (primary N) is 1. The van der Waals surface area contributed by atoms with Gasteiger partial charge in [0.05, 0.1) is 6.04 Å². The Bertz CT molecular complexity index is 542. The Morgan fingerprint density at radius 2 is 2.06 bits per heavy atom. The van der Waals surface area contributed by atoms with E-state index in [0.717, 1.165) is 5.56 Å². The van der Waals surface area contributed by atoms with Crippen molar-refractivity contribution in [1.82, 2.24) is 15.1 Å². The zero-order valence-corrected chi connectivity index (χ0v) is 11.1. The lowest BCUT2D eigenvalue weighted by Crippen LogP contribution is -2.26. The molecule has 1 atom stereocenters. The van der Waals surface area contributed by atoms with E-state index in [0.29, 0.717) is 17.4 Å². The zero-order chi connectivity index (χ0) is 13.3. The van der Waals surface area contributed by atoms with Crippen LogP contribution in [0.5, 0.6) is 0 Å². The maximum absolute atomic E-state index is 6.08. The van der Waals surface area contributed by atoms with Crippen molar-refractivity contribution in [2.75, 3.05) is 0 Å². The van der Waals surface area contributed by atoms with Crippen LogP contribution in [0.1, 0.15) is 38.3 Å². The minimum absolute atomic E-state index is 0.121. The van der Waals surface area contributed by atoms with Gasteiger partial charge in [0.25, 0.3) is 0 Å². The quantitative estimate of drug-likeness (QED) is 0.880. The van der Waals surface area contributed by atoms with E-state index in [1.807, 2.05) is 39.8 Å². The van der Waals surface area contributed by atoms with E-state index in [-0.39, 0.29) is 11.5 Å². The van der Waals surface area contributed by atoms with Gasteiger partial charge in [-0.1, -0.05) is 25.9 Å². The monoisotopic (exact) mass is 246 g/mol. The van der Waals surface area contributed by atoms with Crippen LogP contribution in [0.2, 0.25) is 0 Å². The fourth-order valence-electron chi connectivity index (χ4n) is 1.49. The van der Waals surface area contributed by atoms with Crippen LogP contribution >= 0.6 is 0 Å². The van der Waals surface area contributed by atoms with Crippen LogP contribution in [0.4, 0.5) is 0 Å². The Morgan fingerprint density at radius 1 is 1.33 bits per heavy atom. The minimum Gasteiger partial charge on any atom is -0.337 e. The molecule has 5 heteroatoms. The highest BCUT2D eigenvalue weighted by Crippen LogP contribution is 2.30. The molecule has 0 saturated carbocycles. The molecule has 0 bridgehead atoms. The number of nitrogens with zero attached hydrogens (tertiary/aromatic N) is 3. The second-order valence-corrected chi connectivity index (χ2v) is 5.52. The number of hydrogen-bond acceptors (Lipinski definition) is 5. The maximum atomic E-state index is 6.08. The smallest absolute Gasteiger partial charge is 0.244 e. The molecule has 0 aliphatic heterocycles. The van der Waals surface area contributed by atoms with E-state index >= 15 is 0 Å². The number of hydrogen-bond donors (Lipinski definition) is 1. The summed E-state index contributed by atoms with van der Waals surface area (Å²) in [7, 11) is 0. The van der Waals surface area contributed by atoms with Crippen LogP contribution in [-0.4, -0.2) is 15.1 Å². The standard InChI is InChI=1S/C13H18N4O/c1-8-5-6-15-9(7-8)11-16-12(18-17-11)10(14)13(2,3)4/h5-7,10H,14H2,1-4H3. The van der Waals surface area contributed by atoms with Crippen molar-refractivity contribution in [2.24, 2.45) is 11.1 Å². The molecule has 0 aromatic carbocycles. The Morgan fingerprint density at radius 3 is 2.67 bits per heavy atom. The average molecular weight is 246 g/mol. The van der Waals surface area contributed by atoms with E-state index in [1.165, 1.54) is 0 Å². The third-order valence-electron chi connectivity index (χ3n) is 2.79. The summed E-state index contributed by atoms with van der Waals surface area (Å²) < 4.78 is 5.22. The molecule has 2 aromatic heterocycles. The van der Waals surface area contributed by atoms with E-state index in [4.69, 9.17) is 10.3 Å². The first-order chi connectivity index (χ1) is 8.38. The van der Waals surface area contributed by atoms with Crippen LogP contribution in [0.25, 0.3) is 11.5 Å². The number of rotatable bonds is 2. The predicted octanol–water partition coefficient (Wildman–Crippen LogP) is 2.49. The van der Waals surface area contributed by atoms with Gasteiger partial charge in [-0.25, -0.2) is 0 Å². The van der Waals surface area contributed by atoms with Crippen molar-refractivity contribution in [3.63, 3.8) is 0 Å². The third kappa shape index (κ3) is 2.56. The van der Waals surface area contributed by atoms with Gasteiger partial charge in [0.1, 0.15) is 5.69 Å². The Labute approximate surface area is 106 Å². The van der Waals surface area contributed by atoms with Crippen molar-refractivity contribution in [3.05, 3.63) is 29.8 Å². The molecular weight excluding hydrogens is 228 g/mol. The van der Waals surface area contributed by atoms with Gasteiger partial charge in [-0.2, -0.15) is 4.98 Å². The molecule has 2 heterocycles. The van der Waals surface area contributed by atoms with Crippen molar-refractivity contribution in [1.29, 1.82) is 0 Å². The SMILES string of the molecule is Cc1ccnc(-c2noc(C(N)C(C)(C)C)n2)c1. The van der Waals surface area contributed by atoms with Gasteiger partial charge in [0.15, 0.2) is 0 Å². The molecule has 5 nitrogen and oxygen atoms in total. The molecule has 0 spiro atoms. The van der Waals surface area contributed by atoms with Crippen molar-refractivity contribution in [2.45, 2.75) is 33.7 Å². The van der Waals surface area contributed by atoms with Crippen LogP contribution in [-0.2, 0) is 0 Å². The fourth-order valence-corrected chi connectivity index (χ4v) is 1.49. The van der Waals surface area contributed by atoms with Crippen LogP contribution in [0.15, 0.2) is 22.9 Å². The highest BCUT2D eigenvalue weighted by Gasteiger charge is 2.27. The molecule has 18 heavy (non-hydrogen) atoms. The highest BCUT2D eigenvalue weighted by molar-refractivity contribution is 5.49. The Hall–Kier alpha value is -1.75. The van der Waals surface area contributed by atoms with Crippen LogP contribution in [0.3, 0.4) is 0 Å². The van der Waals surface area contributed by atoms with Crippen molar-refractivity contribution < 1.29 is 4.52 Å². The van der Waals surface area contributed by atoms with E-state index < -0.39 is 0 Å². The minimum atomic E-state index is -0.288. The average Bonchev–Trinajstić information content (AvgIpc) is 2.75. The lowest BCUT2D eigenvalue weighted by atomic mass is 9.87. The van der Waals surface area contributed by atoms with Crippen LogP contribution < -0.4 is 5.73 Å². The summed E-state index contributed by atoms with van der Waals surface area (Å²) in [6.45, 7) is 8.10. The summed E-state index contributed by atoms with van der Waals surface area (Å²) in [5.41, 5.74) is 7.76. The van der Waals surface area contributed by atoms with Crippen molar-refractivity contribution in [3.8, 4) is 11.5 Å². The maximum Gasteiger partial charge on any atom is 0.244 e. The zero-order valence-electron chi connectivity index (χ0n) is 11.1. The van der Waals surface area contributed by atoms with E-state index in [1.54, 1.807) is 6.20 Å². The first-order valence-electron chi connectivity index (χ1n) is 5.90. The molecule has 0 aliphatic carbocycles. The highest BCUT2D eigenvalue weighted by atomic mass is 16.5. The molecule has 0 amide bonds. The van der Waals surface area contributed by atoms with Gasteiger partial charge in [-0.3, -0.25) is 4.98 Å². The number of aromatic nitrogens is 3. The van der Waals surface area contributed by atoms with Gasteiger partial charge in [0.2, 0.25) is 11.7 Å². The van der Waals surface area contributed by atoms with E-state index in [2.05, 4.69) is 15.1 Å². The molecule has 96 valence electrons. The summed E-state index contributed by atoms with van der Waals surface area (Å²) in [6.07, 6.45) is 1.73. The van der Waals surface area contributed by atoms with Gasteiger partial charge in [-0.05, 0) is 30.0 Å². The van der Waals surface area contributed by atoms with Gasteiger partial charge < -0.3 is 10.3 Å². The normalized spacial score (nSPS) is 13.6. The molecule has 0 saturated heterocycles. The van der Waals surface area contributed by atoms with Crippen LogP contribution in [0, 0.1) is 12.3 Å². The molecule has 0 fully saturated rings. The molecule has 2 rings (SSSR count). The van der Waals surface area contributed by atoms with Crippen molar-refractivity contribution >= 4 is 0 Å². The first kappa shape index (κ1) is 12.7. The number of aryl methyl sites for hydroxylation is 1. The summed E-state index contributed by atoms with van der Waals surface area (Å²) in [5.74, 6) is 0.925. The molecule has 2 N–H and O–H groups in total. The topological polar surface area (TPSA) is 77.8 Å². The van der Waals surface area contributed by atoms with E-state index in [9.17, 15) is 0 Å². The molecular formula is C13H18N4O. The molecule has 0 radical (unpaired) electrons. The summed E-state index contributed by atoms with van der Waals surface area (Å²) in [5, 5.41) is 3.93. The second-order valence-electron chi connectivity index (χ2n) is 5.52. The summed E-state index contributed by atoms with van der Waals surface area (Å²) >= 11 is 0. The number of pyridine rings is 1. The summed E-state index contributed by atoms with van der Waals surface area (Å²) in [6, 6.07) is 3.55. The Kier molecular flexibility index (Phi) is 3.17. The Balaban J connectivity index is 2.31. The van der Waals surface area contributed by atoms with Gasteiger partial charge >= 0.3 is 0 Å². The molecule has 1 unspecified atom stereocenters. The third-order valence-corrected chi connectivity index (χ3v) is 2.79. The molecule has 0 aliphatic rings. The largest absolute Gasteiger partial charge is 0.337 e. The molecule has 2 aromatic rings. The fraction of sp³-hybridized carbons (Fsp3) is 0.462. The second kappa shape index (κ2) is 4.49. The lowest BCUT2D eigenvalue weighted by Gasteiger charge is -2.23. The lowest BCUT2D eigenvalue weighted by molar-refractivity contribution is 0.253. The summed E-state index contributed by atoms with van der Waals surface area (Å²) in [4.78, 5) is 8.54. The first-order valence-corrected chi connectivity index (χ1v) is 5.90. The predicted molar refractivity (Wildman–Crippen MR) is 68.6 cm³/mol.